The Hall–Kier alpha value is -3.73. The van der Waals surface area contributed by atoms with Gasteiger partial charge in [-0.05, 0) is 24.6 Å². The van der Waals surface area contributed by atoms with Gasteiger partial charge in [0.2, 0.25) is 5.95 Å². The average molecular weight is 493 g/mol. The van der Waals surface area contributed by atoms with E-state index in [4.69, 9.17) is 14.5 Å². The van der Waals surface area contributed by atoms with Crippen molar-refractivity contribution in [2.75, 3.05) is 43.6 Å². The summed E-state index contributed by atoms with van der Waals surface area (Å²) in [6, 6.07) is 9.03. The predicted molar refractivity (Wildman–Crippen MR) is 134 cm³/mol. The van der Waals surface area contributed by atoms with Gasteiger partial charge < -0.3 is 24.6 Å². The fourth-order valence-electron chi connectivity index (χ4n) is 4.38. The fourth-order valence-corrected chi connectivity index (χ4v) is 4.38. The molecule has 4 heterocycles. The highest BCUT2D eigenvalue weighted by molar-refractivity contribution is 5.94. The minimum Gasteiger partial charge on any atom is -0.494 e. The maximum atomic E-state index is 13.2. The molecule has 2 aliphatic heterocycles. The van der Waals surface area contributed by atoms with E-state index in [-0.39, 0.29) is 18.1 Å². The van der Waals surface area contributed by atoms with E-state index in [0.717, 1.165) is 30.0 Å². The van der Waals surface area contributed by atoms with E-state index in [0.29, 0.717) is 50.1 Å². The molecule has 5 rings (SSSR count). The number of nitrogens with one attached hydrogen (secondary N) is 1. The summed E-state index contributed by atoms with van der Waals surface area (Å²) in [5, 5.41) is 11.6. The summed E-state index contributed by atoms with van der Waals surface area (Å²) in [5.74, 6) is 1.99. The molecule has 2 aromatic heterocycles. The smallest absolute Gasteiger partial charge is 0.251 e. The van der Waals surface area contributed by atoms with Crippen LogP contribution in [0.4, 0.5) is 11.8 Å². The number of carbonyl (C=O) groups excluding carboxylic acids is 1. The van der Waals surface area contributed by atoms with Gasteiger partial charge >= 0.3 is 0 Å². The van der Waals surface area contributed by atoms with Gasteiger partial charge in [0.25, 0.3) is 5.91 Å². The van der Waals surface area contributed by atoms with Crippen molar-refractivity contribution in [3.8, 4) is 5.75 Å². The quantitative estimate of drug-likeness (QED) is 0.584. The van der Waals surface area contributed by atoms with Crippen LogP contribution in [0.1, 0.15) is 35.1 Å². The molecule has 0 unspecified atom stereocenters. The Bertz CT molecular complexity index is 1210. The van der Waals surface area contributed by atoms with E-state index in [1.807, 2.05) is 43.4 Å². The molecule has 0 saturated carbocycles. The van der Waals surface area contributed by atoms with Crippen molar-refractivity contribution in [3.05, 3.63) is 53.5 Å². The molecule has 3 aromatic rings. The highest BCUT2D eigenvalue weighted by atomic mass is 16.5. The number of benzene rings is 1. The molecule has 4 bridgehead atoms. The second kappa shape index (κ2) is 10.5. The Morgan fingerprint density at radius 2 is 2.08 bits per heavy atom. The van der Waals surface area contributed by atoms with Crippen LogP contribution in [0, 0.1) is 0 Å². The number of amides is 1. The van der Waals surface area contributed by atoms with Gasteiger partial charge in [-0.3, -0.25) is 9.48 Å². The SMILES string of the molecule is CCc1cc(N2C[C@@H]3NC(=O)c4cccc(c4)OCCCn4cc(nn4)CO[C@H]3C2)nc(N(C)C)n1. The van der Waals surface area contributed by atoms with E-state index in [9.17, 15) is 4.79 Å². The first-order valence-electron chi connectivity index (χ1n) is 12.3. The highest BCUT2D eigenvalue weighted by Gasteiger charge is 2.36. The summed E-state index contributed by atoms with van der Waals surface area (Å²) in [4.78, 5) is 26.6. The Balaban J connectivity index is 1.42. The molecule has 11 nitrogen and oxygen atoms in total. The fraction of sp³-hybridized carbons (Fsp3) is 0.480. The minimum atomic E-state index is -0.255. The van der Waals surface area contributed by atoms with Gasteiger partial charge in [0, 0.05) is 57.5 Å². The lowest BCUT2D eigenvalue weighted by Crippen LogP contribution is -2.44. The van der Waals surface area contributed by atoms with E-state index in [1.54, 1.807) is 16.8 Å². The van der Waals surface area contributed by atoms with Crippen LogP contribution in [0.2, 0.25) is 0 Å². The van der Waals surface area contributed by atoms with E-state index in [1.165, 1.54) is 0 Å². The van der Waals surface area contributed by atoms with Crippen LogP contribution in [0.15, 0.2) is 36.5 Å². The standard InChI is InChI=1S/C25H32N8O3/c1-4-18-12-23(28-25(26-18)31(2)3)32-14-21-22(15-32)36-16-19-13-33(30-29-19)9-6-10-35-20-8-5-7-17(11-20)24(34)27-21/h5,7-8,11-13,21-22H,4,6,9-10,14-16H2,1-3H3,(H,27,34)/t21-,22-/m0/s1. The Labute approximate surface area is 210 Å². The van der Waals surface area contributed by atoms with E-state index < -0.39 is 0 Å². The van der Waals surface area contributed by atoms with Crippen LogP contribution < -0.4 is 19.9 Å². The van der Waals surface area contributed by atoms with Crippen LogP contribution in [-0.4, -0.2) is 76.8 Å². The number of anilines is 2. The van der Waals surface area contributed by atoms with Crippen molar-refractivity contribution in [3.63, 3.8) is 0 Å². The molecule has 2 atom stereocenters. The van der Waals surface area contributed by atoms with Gasteiger partial charge in [-0.1, -0.05) is 18.2 Å². The highest BCUT2D eigenvalue weighted by Crippen LogP contribution is 2.25. The molecule has 190 valence electrons. The molecule has 0 aliphatic carbocycles. The zero-order valence-electron chi connectivity index (χ0n) is 20.9. The molecular weight excluding hydrogens is 460 g/mol. The number of aromatic nitrogens is 5. The predicted octanol–water partition coefficient (Wildman–Crippen LogP) is 1.68. The summed E-state index contributed by atoms with van der Waals surface area (Å²) in [5.41, 5.74) is 2.27. The second-order valence-corrected chi connectivity index (χ2v) is 9.30. The monoisotopic (exact) mass is 492 g/mol. The number of carbonyl (C=O) groups is 1. The van der Waals surface area contributed by atoms with E-state index >= 15 is 0 Å². The van der Waals surface area contributed by atoms with E-state index in [2.05, 4.69) is 32.4 Å². The van der Waals surface area contributed by atoms with Crippen LogP contribution >= 0.6 is 0 Å². The molecule has 0 radical (unpaired) electrons. The number of hydrogen-bond acceptors (Lipinski definition) is 9. The van der Waals surface area contributed by atoms with Gasteiger partial charge in [0.05, 0.1) is 31.6 Å². The third kappa shape index (κ3) is 5.40. The summed E-state index contributed by atoms with van der Waals surface area (Å²) < 4.78 is 14.0. The number of rotatable bonds is 3. The molecule has 1 N–H and O–H groups in total. The first-order chi connectivity index (χ1) is 17.5. The maximum Gasteiger partial charge on any atom is 0.251 e. The average Bonchev–Trinajstić information content (AvgIpc) is 3.51. The number of ether oxygens (including phenoxy) is 2. The second-order valence-electron chi connectivity index (χ2n) is 9.30. The van der Waals surface area contributed by atoms with Crippen molar-refractivity contribution < 1.29 is 14.3 Å². The Morgan fingerprint density at radius 3 is 2.92 bits per heavy atom. The maximum absolute atomic E-state index is 13.2. The normalized spacial score (nSPS) is 20.4. The molecular formula is C25H32N8O3. The Kier molecular flexibility index (Phi) is 6.99. The first kappa shape index (κ1) is 24.0. The number of fused-ring (bicyclic) bond motifs is 5. The molecule has 36 heavy (non-hydrogen) atoms. The Morgan fingerprint density at radius 1 is 1.19 bits per heavy atom. The molecule has 1 fully saturated rings. The van der Waals surface area contributed by atoms with Gasteiger partial charge in [-0.2, -0.15) is 4.98 Å². The largest absolute Gasteiger partial charge is 0.494 e. The topological polar surface area (TPSA) is 111 Å². The van der Waals surface area contributed by atoms with Crippen molar-refractivity contribution in [1.29, 1.82) is 0 Å². The van der Waals surface area contributed by atoms with Gasteiger partial charge in [0.15, 0.2) is 0 Å². The third-order valence-corrected chi connectivity index (χ3v) is 6.35. The lowest BCUT2D eigenvalue weighted by atomic mass is 10.1. The number of hydrogen-bond donors (Lipinski definition) is 1. The molecule has 1 saturated heterocycles. The summed E-state index contributed by atoms with van der Waals surface area (Å²) in [6.07, 6.45) is 3.22. The van der Waals surface area contributed by atoms with Crippen LogP contribution in [-0.2, 0) is 24.3 Å². The minimum absolute atomic E-state index is 0.162. The lowest BCUT2D eigenvalue weighted by Gasteiger charge is -2.20. The summed E-state index contributed by atoms with van der Waals surface area (Å²) >= 11 is 0. The summed E-state index contributed by atoms with van der Waals surface area (Å²) in [7, 11) is 3.86. The molecule has 2 aliphatic rings. The number of aryl methyl sites for hydroxylation is 2. The van der Waals surface area contributed by atoms with Gasteiger partial charge in [0.1, 0.15) is 17.3 Å². The van der Waals surface area contributed by atoms with Gasteiger partial charge in [-0.25, -0.2) is 4.98 Å². The van der Waals surface area contributed by atoms with Crippen molar-refractivity contribution in [2.24, 2.45) is 0 Å². The van der Waals surface area contributed by atoms with Crippen molar-refractivity contribution in [2.45, 2.75) is 45.1 Å². The third-order valence-electron chi connectivity index (χ3n) is 6.35. The molecule has 1 aromatic carbocycles. The van der Waals surface area contributed by atoms with Crippen LogP contribution in [0.25, 0.3) is 0 Å². The summed E-state index contributed by atoms with van der Waals surface area (Å²) in [6.45, 7) is 4.73. The first-order valence-corrected chi connectivity index (χ1v) is 12.3. The number of nitrogens with zero attached hydrogens (tertiary/aromatic N) is 7. The molecule has 11 heteroatoms. The zero-order chi connectivity index (χ0) is 25.1. The van der Waals surface area contributed by atoms with Crippen LogP contribution in [0.3, 0.4) is 0 Å². The van der Waals surface area contributed by atoms with Crippen LogP contribution in [0.5, 0.6) is 5.75 Å². The molecule has 1 amide bonds. The van der Waals surface area contributed by atoms with Gasteiger partial charge in [-0.15, -0.1) is 5.10 Å². The lowest BCUT2D eigenvalue weighted by molar-refractivity contribution is 0.0347. The zero-order valence-corrected chi connectivity index (χ0v) is 20.9. The molecule has 0 spiro atoms. The van der Waals surface area contributed by atoms with Crippen molar-refractivity contribution >= 4 is 17.7 Å². The van der Waals surface area contributed by atoms with Crippen molar-refractivity contribution in [1.82, 2.24) is 30.3 Å².